The van der Waals surface area contributed by atoms with Crippen molar-refractivity contribution in [1.29, 1.82) is 0 Å². The average molecular weight is 351 g/mol. The Morgan fingerprint density at radius 3 is 2.74 bits per heavy atom. The minimum Gasteiger partial charge on any atom is -0.308 e. The van der Waals surface area contributed by atoms with Crippen LogP contribution in [0.25, 0.3) is 0 Å². The van der Waals surface area contributed by atoms with Crippen LogP contribution in [0.3, 0.4) is 0 Å². The molecule has 0 bridgehead atoms. The van der Waals surface area contributed by atoms with Gasteiger partial charge < -0.3 is 4.90 Å². The lowest BCUT2D eigenvalue weighted by atomic mass is 10.1. The van der Waals surface area contributed by atoms with Gasteiger partial charge in [-0.05, 0) is 28.1 Å². The van der Waals surface area contributed by atoms with Gasteiger partial charge in [0.25, 0.3) is 0 Å². The summed E-state index contributed by atoms with van der Waals surface area (Å²) in [6, 6.07) is 4.39. The Hall–Kier alpha value is -0.990. The summed E-state index contributed by atoms with van der Waals surface area (Å²) in [5.74, 6) is -1.52. The highest BCUT2D eigenvalue weighted by Gasteiger charge is 2.34. The topological polar surface area (TPSA) is 80.5 Å². The molecule has 1 fully saturated rings. The van der Waals surface area contributed by atoms with Crippen molar-refractivity contribution in [2.24, 2.45) is 11.1 Å². The number of rotatable bonds is 3. The summed E-state index contributed by atoms with van der Waals surface area (Å²) >= 11 is 3.19. The van der Waals surface area contributed by atoms with Crippen LogP contribution in [-0.2, 0) is 14.8 Å². The molecule has 8 heteroatoms. The number of para-hydroxylation sites is 1. The Labute approximate surface area is 118 Å². The molecule has 0 aromatic heterocycles. The molecule has 1 aliphatic rings. The van der Waals surface area contributed by atoms with Crippen molar-refractivity contribution in [2.75, 3.05) is 17.2 Å². The van der Waals surface area contributed by atoms with E-state index in [9.17, 15) is 17.6 Å². The fourth-order valence-electron chi connectivity index (χ4n) is 2.18. The zero-order valence-electron chi connectivity index (χ0n) is 9.84. The second kappa shape index (κ2) is 5.18. The Kier molecular flexibility index (Phi) is 3.93. The molecule has 19 heavy (non-hydrogen) atoms. The van der Waals surface area contributed by atoms with E-state index in [1.807, 2.05) is 0 Å². The summed E-state index contributed by atoms with van der Waals surface area (Å²) in [6.45, 7) is 0.148. The zero-order valence-corrected chi connectivity index (χ0v) is 12.2. The van der Waals surface area contributed by atoms with Gasteiger partial charge >= 0.3 is 0 Å². The third-order valence-corrected chi connectivity index (χ3v) is 4.46. The number of carbonyl (C=O) groups is 1. The first-order valence-electron chi connectivity index (χ1n) is 5.53. The van der Waals surface area contributed by atoms with Crippen LogP contribution in [0.1, 0.15) is 6.42 Å². The van der Waals surface area contributed by atoms with Gasteiger partial charge in [0.2, 0.25) is 15.9 Å². The van der Waals surface area contributed by atoms with E-state index in [0.29, 0.717) is 4.47 Å². The predicted molar refractivity (Wildman–Crippen MR) is 72.5 cm³/mol. The van der Waals surface area contributed by atoms with E-state index in [4.69, 9.17) is 5.14 Å². The Balaban J connectivity index is 2.26. The van der Waals surface area contributed by atoms with Crippen molar-refractivity contribution < 1.29 is 17.6 Å². The molecule has 2 N–H and O–H groups in total. The Morgan fingerprint density at radius 2 is 2.16 bits per heavy atom. The van der Waals surface area contributed by atoms with Crippen molar-refractivity contribution in [1.82, 2.24) is 0 Å². The first kappa shape index (κ1) is 14.4. The predicted octanol–water partition coefficient (Wildman–Crippen LogP) is 1.23. The minimum absolute atomic E-state index is 0.0528. The molecule has 1 amide bonds. The van der Waals surface area contributed by atoms with E-state index < -0.39 is 21.8 Å². The molecule has 1 atom stereocenters. The van der Waals surface area contributed by atoms with Crippen LogP contribution >= 0.6 is 15.9 Å². The molecule has 1 unspecified atom stereocenters. The highest BCUT2D eigenvalue weighted by molar-refractivity contribution is 9.10. The molecule has 0 saturated carbocycles. The summed E-state index contributed by atoms with van der Waals surface area (Å²) < 4.78 is 36.3. The highest BCUT2D eigenvalue weighted by atomic mass is 79.9. The number of sulfonamides is 1. The van der Waals surface area contributed by atoms with Crippen molar-refractivity contribution in [3.8, 4) is 0 Å². The van der Waals surface area contributed by atoms with Crippen LogP contribution in [0.15, 0.2) is 22.7 Å². The normalized spacial score (nSPS) is 20.1. The third kappa shape index (κ3) is 3.31. The van der Waals surface area contributed by atoms with E-state index >= 15 is 0 Å². The maximum absolute atomic E-state index is 13.8. The second-order valence-corrected chi connectivity index (χ2v) is 6.99. The molecule has 0 spiro atoms. The van der Waals surface area contributed by atoms with Gasteiger partial charge in [0.15, 0.2) is 0 Å². The average Bonchev–Trinajstić information content (AvgIpc) is 2.56. The lowest BCUT2D eigenvalue weighted by Gasteiger charge is -2.18. The van der Waals surface area contributed by atoms with Crippen molar-refractivity contribution in [3.05, 3.63) is 28.5 Å². The van der Waals surface area contributed by atoms with Crippen molar-refractivity contribution >= 4 is 37.5 Å². The highest BCUT2D eigenvalue weighted by Crippen LogP contribution is 2.33. The molecule has 1 aromatic rings. The summed E-state index contributed by atoms with van der Waals surface area (Å²) in [5.41, 5.74) is 0.143. The number of nitrogens with zero attached hydrogens (tertiary/aromatic N) is 1. The summed E-state index contributed by atoms with van der Waals surface area (Å²) in [5, 5.41) is 4.96. The molecule has 5 nitrogen and oxygen atoms in total. The molecular formula is C11H12BrFN2O3S. The molecule has 0 radical (unpaired) electrons. The van der Waals surface area contributed by atoms with Gasteiger partial charge in [0.05, 0.1) is 11.4 Å². The molecular weight excluding hydrogens is 339 g/mol. The molecule has 1 heterocycles. The largest absolute Gasteiger partial charge is 0.308 e. The Bertz CT molecular complexity index is 600. The van der Waals surface area contributed by atoms with E-state index in [2.05, 4.69) is 15.9 Å². The number of nitrogens with two attached hydrogens (primary N) is 1. The first-order chi connectivity index (χ1) is 8.78. The fraction of sp³-hybridized carbons (Fsp3) is 0.364. The molecule has 1 aliphatic heterocycles. The minimum atomic E-state index is -3.64. The van der Waals surface area contributed by atoms with Crippen LogP contribution in [0.2, 0.25) is 0 Å². The first-order valence-corrected chi connectivity index (χ1v) is 8.03. The number of anilines is 1. The van der Waals surface area contributed by atoms with Gasteiger partial charge in [-0.3, -0.25) is 4.79 Å². The zero-order chi connectivity index (χ0) is 14.2. The monoisotopic (exact) mass is 350 g/mol. The molecule has 104 valence electrons. The van der Waals surface area contributed by atoms with Gasteiger partial charge in [0, 0.05) is 23.4 Å². The maximum atomic E-state index is 13.8. The van der Waals surface area contributed by atoms with Crippen molar-refractivity contribution in [3.63, 3.8) is 0 Å². The summed E-state index contributed by atoms with van der Waals surface area (Å²) in [6.07, 6.45) is 0.0528. The van der Waals surface area contributed by atoms with Gasteiger partial charge in [0.1, 0.15) is 5.82 Å². The van der Waals surface area contributed by atoms with Crippen LogP contribution in [-0.4, -0.2) is 26.6 Å². The SMILES string of the molecule is NS(=O)(=O)CC1CC(=O)N(c2c(F)cccc2Br)C1. The van der Waals surface area contributed by atoms with Gasteiger partial charge in [-0.2, -0.15) is 0 Å². The quantitative estimate of drug-likeness (QED) is 0.890. The lowest BCUT2D eigenvalue weighted by Crippen LogP contribution is -2.28. The van der Waals surface area contributed by atoms with E-state index in [0.717, 1.165) is 0 Å². The third-order valence-electron chi connectivity index (χ3n) is 2.88. The number of benzene rings is 1. The second-order valence-electron chi connectivity index (χ2n) is 4.47. The smallest absolute Gasteiger partial charge is 0.227 e. The lowest BCUT2D eigenvalue weighted by molar-refractivity contribution is -0.117. The standard InChI is InChI=1S/C11H12BrFN2O3S/c12-8-2-1-3-9(13)11(8)15-5-7(4-10(15)16)6-19(14,17)18/h1-3,7H,4-6H2,(H2,14,17,18). The van der Waals surface area contributed by atoms with Crippen LogP contribution in [0.4, 0.5) is 10.1 Å². The van der Waals surface area contributed by atoms with Crippen LogP contribution in [0.5, 0.6) is 0 Å². The number of hydrogen-bond donors (Lipinski definition) is 1. The van der Waals surface area contributed by atoms with Crippen LogP contribution < -0.4 is 10.0 Å². The summed E-state index contributed by atoms with van der Waals surface area (Å²) in [4.78, 5) is 13.1. The molecule has 1 saturated heterocycles. The van der Waals surface area contributed by atoms with Gasteiger partial charge in [-0.25, -0.2) is 17.9 Å². The molecule has 2 rings (SSSR count). The Morgan fingerprint density at radius 1 is 1.47 bits per heavy atom. The number of primary sulfonamides is 1. The van der Waals surface area contributed by atoms with E-state index in [-0.39, 0.29) is 30.3 Å². The fourth-order valence-corrected chi connectivity index (χ4v) is 3.62. The van der Waals surface area contributed by atoms with Crippen molar-refractivity contribution in [2.45, 2.75) is 6.42 Å². The van der Waals surface area contributed by atoms with E-state index in [1.54, 1.807) is 6.07 Å². The van der Waals surface area contributed by atoms with Gasteiger partial charge in [-0.15, -0.1) is 0 Å². The molecule has 0 aliphatic carbocycles. The molecule has 1 aromatic carbocycles. The van der Waals surface area contributed by atoms with Crippen LogP contribution in [0, 0.1) is 11.7 Å². The summed E-state index contributed by atoms with van der Waals surface area (Å²) in [7, 11) is -3.64. The number of amides is 1. The maximum Gasteiger partial charge on any atom is 0.227 e. The van der Waals surface area contributed by atoms with Gasteiger partial charge in [-0.1, -0.05) is 6.07 Å². The van der Waals surface area contributed by atoms with E-state index in [1.165, 1.54) is 17.0 Å². The number of carbonyl (C=O) groups excluding carboxylic acids is 1. The number of halogens is 2. The number of hydrogen-bond acceptors (Lipinski definition) is 3.